The van der Waals surface area contributed by atoms with E-state index in [2.05, 4.69) is 11.8 Å². The minimum atomic E-state index is -0.999. The Hall–Kier alpha value is -2.05. The highest BCUT2D eigenvalue weighted by atomic mass is 32.2. The molecule has 1 aromatic heterocycles. The predicted molar refractivity (Wildman–Crippen MR) is 155 cm³/mol. The Kier molecular flexibility index (Phi) is 8.39. The van der Waals surface area contributed by atoms with Crippen molar-refractivity contribution in [3.63, 3.8) is 0 Å². The van der Waals surface area contributed by atoms with Crippen molar-refractivity contribution in [1.82, 2.24) is 9.47 Å². The number of amides is 1. The van der Waals surface area contributed by atoms with Gasteiger partial charge in [0.05, 0.1) is 12.1 Å². The van der Waals surface area contributed by atoms with Gasteiger partial charge in [0.15, 0.2) is 0 Å². The minimum Gasteiger partial charge on any atom is -0.387 e. The van der Waals surface area contributed by atoms with Crippen LogP contribution in [0.25, 0.3) is 11.1 Å². The van der Waals surface area contributed by atoms with Crippen molar-refractivity contribution in [1.29, 1.82) is 0 Å². The number of benzene rings is 1. The monoisotopic (exact) mass is 536 g/mol. The summed E-state index contributed by atoms with van der Waals surface area (Å²) in [6.45, 7) is 3.58. The van der Waals surface area contributed by atoms with Crippen molar-refractivity contribution in [2.24, 2.45) is 17.3 Å². The number of carbonyl (C=O) groups excluding carboxylic acids is 1. The van der Waals surface area contributed by atoms with Crippen molar-refractivity contribution in [3.8, 4) is 11.1 Å². The Bertz CT molecular complexity index is 1170. The Labute approximate surface area is 232 Å². The van der Waals surface area contributed by atoms with Crippen molar-refractivity contribution in [2.45, 2.75) is 94.6 Å². The van der Waals surface area contributed by atoms with Crippen LogP contribution in [0.3, 0.4) is 0 Å². The molecular formula is C32H44N2O3S. The molecule has 3 fully saturated rings. The summed E-state index contributed by atoms with van der Waals surface area (Å²) in [5, 5.41) is 12.2. The molecule has 3 aliphatic rings. The van der Waals surface area contributed by atoms with E-state index in [1.807, 2.05) is 42.8 Å². The third-order valence-corrected chi connectivity index (χ3v) is 10.6. The number of nitrogens with zero attached hydrogens (tertiary/aromatic N) is 2. The van der Waals surface area contributed by atoms with Gasteiger partial charge in [-0.2, -0.15) is 0 Å². The van der Waals surface area contributed by atoms with Crippen LogP contribution in [-0.2, 0) is 11.3 Å². The van der Waals surface area contributed by atoms with Gasteiger partial charge in [-0.15, -0.1) is 11.8 Å². The van der Waals surface area contributed by atoms with Crippen LogP contribution in [0, 0.1) is 17.3 Å². The molecule has 1 amide bonds. The highest BCUT2D eigenvalue weighted by Gasteiger charge is 2.55. The van der Waals surface area contributed by atoms with E-state index in [1.54, 1.807) is 22.4 Å². The van der Waals surface area contributed by atoms with Crippen LogP contribution in [0.5, 0.6) is 0 Å². The number of likely N-dealkylation sites (tertiary alicyclic amines) is 1. The summed E-state index contributed by atoms with van der Waals surface area (Å²) in [5.41, 5.74) is 0.543. The molecular weight excluding hydrogens is 492 g/mol. The molecule has 5 rings (SSSR count). The van der Waals surface area contributed by atoms with E-state index >= 15 is 0 Å². The molecule has 0 radical (unpaired) electrons. The van der Waals surface area contributed by atoms with Crippen LogP contribution in [0.15, 0.2) is 52.3 Å². The van der Waals surface area contributed by atoms with Crippen LogP contribution < -0.4 is 5.56 Å². The van der Waals surface area contributed by atoms with Crippen LogP contribution >= 0.6 is 11.8 Å². The lowest BCUT2D eigenvalue weighted by molar-refractivity contribution is -0.163. The van der Waals surface area contributed by atoms with Crippen LogP contribution in [0.1, 0.15) is 77.6 Å². The fourth-order valence-electron chi connectivity index (χ4n) is 7.59. The smallest absolute Gasteiger partial charge is 0.251 e. The summed E-state index contributed by atoms with van der Waals surface area (Å²) in [7, 11) is 0. The van der Waals surface area contributed by atoms with Gasteiger partial charge in [-0.05, 0) is 43.4 Å². The van der Waals surface area contributed by atoms with Crippen molar-refractivity contribution in [3.05, 3.63) is 52.9 Å². The van der Waals surface area contributed by atoms with Crippen LogP contribution in [0.2, 0.25) is 0 Å². The Balaban J connectivity index is 1.35. The molecule has 2 atom stereocenters. The highest BCUT2D eigenvalue weighted by Crippen LogP contribution is 2.52. The number of hydrogen-bond donors (Lipinski definition) is 1. The first-order valence-electron chi connectivity index (χ1n) is 14.7. The van der Waals surface area contributed by atoms with Gasteiger partial charge in [-0.1, -0.05) is 82.2 Å². The zero-order valence-electron chi connectivity index (χ0n) is 23.2. The fourth-order valence-corrected chi connectivity index (χ4v) is 8.21. The molecule has 1 spiro atoms. The molecule has 5 nitrogen and oxygen atoms in total. The molecule has 2 aromatic rings. The lowest BCUT2D eigenvalue weighted by atomic mass is 9.65. The summed E-state index contributed by atoms with van der Waals surface area (Å²) < 4.78 is 1.72. The van der Waals surface area contributed by atoms with Gasteiger partial charge in [-0.3, -0.25) is 9.59 Å². The number of piperidine rings is 1. The molecule has 1 aromatic carbocycles. The molecule has 0 bridgehead atoms. The van der Waals surface area contributed by atoms with E-state index in [-0.39, 0.29) is 29.3 Å². The van der Waals surface area contributed by atoms with Gasteiger partial charge >= 0.3 is 0 Å². The summed E-state index contributed by atoms with van der Waals surface area (Å²) in [6, 6.07) is 11.7. The topological polar surface area (TPSA) is 62.5 Å². The number of aromatic nitrogens is 1. The standard InChI is InChI=1S/C32H44N2O3S/c1-24(19-25-11-5-3-6-12-25)30(36)33-18-17-32(37,31(22-33)15-9-10-16-31)23-34-21-28(38-2)27(20-29(34)35)26-13-7-4-8-14-26/h4,7-8,13-14,20-21,24-25,37H,3,5-6,9-12,15-19,22-23H2,1-2H3. The van der Waals surface area contributed by atoms with Gasteiger partial charge in [0.2, 0.25) is 5.91 Å². The molecule has 1 N–H and O–H groups in total. The van der Waals surface area contributed by atoms with E-state index in [9.17, 15) is 14.7 Å². The Morgan fingerprint density at radius 3 is 2.47 bits per heavy atom. The van der Waals surface area contributed by atoms with Gasteiger partial charge in [0, 0.05) is 47.1 Å². The maximum atomic E-state index is 13.6. The second kappa shape index (κ2) is 11.6. The zero-order chi connectivity index (χ0) is 26.8. The van der Waals surface area contributed by atoms with E-state index < -0.39 is 5.60 Å². The normalized spacial score (nSPS) is 24.6. The van der Waals surface area contributed by atoms with Gasteiger partial charge < -0.3 is 14.6 Å². The zero-order valence-corrected chi connectivity index (χ0v) is 24.0. The van der Waals surface area contributed by atoms with Crippen LogP contribution in [0.4, 0.5) is 0 Å². The van der Waals surface area contributed by atoms with E-state index in [0.29, 0.717) is 25.4 Å². The quantitative estimate of drug-likeness (QED) is 0.418. The first-order chi connectivity index (χ1) is 18.3. The third kappa shape index (κ3) is 5.49. The van der Waals surface area contributed by atoms with E-state index in [4.69, 9.17) is 0 Å². The number of hydrogen-bond acceptors (Lipinski definition) is 4. The predicted octanol–water partition coefficient (Wildman–Crippen LogP) is 6.37. The van der Waals surface area contributed by atoms with E-state index in [1.165, 1.54) is 32.1 Å². The Morgan fingerprint density at radius 2 is 1.79 bits per heavy atom. The average Bonchev–Trinajstić information content (AvgIpc) is 3.42. The highest BCUT2D eigenvalue weighted by molar-refractivity contribution is 7.98. The molecule has 2 aliphatic carbocycles. The minimum absolute atomic E-state index is 0.0417. The molecule has 2 unspecified atom stereocenters. The molecule has 38 heavy (non-hydrogen) atoms. The first-order valence-corrected chi connectivity index (χ1v) is 15.9. The largest absolute Gasteiger partial charge is 0.387 e. The number of aliphatic hydroxyl groups is 1. The number of pyridine rings is 1. The summed E-state index contributed by atoms with van der Waals surface area (Å²) in [4.78, 5) is 30.0. The van der Waals surface area contributed by atoms with Gasteiger partial charge in [0.25, 0.3) is 5.56 Å². The number of thioether (sulfide) groups is 1. The van der Waals surface area contributed by atoms with Crippen molar-refractivity contribution >= 4 is 17.7 Å². The fraction of sp³-hybridized carbons (Fsp3) is 0.625. The first kappa shape index (κ1) is 27.5. The van der Waals surface area contributed by atoms with E-state index in [0.717, 1.165) is 48.1 Å². The SMILES string of the molecule is CSc1cn(CC2(O)CCN(C(=O)C(C)CC3CCCCC3)CC23CCCC3)c(=O)cc1-c1ccccc1. The molecule has 2 heterocycles. The van der Waals surface area contributed by atoms with Crippen LogP contribution in [-0.4, -0.2) is 45.4 Å². The summed E-state index contributed by atoms with van der Waals surface area (Å²) in [6.07, 6.45) is 15.9. The second-order valence-corrected chi connectivity index (χ2v) is 13.1. The average molecular weight is 537 g/mol. The summed E-state index contributed by atoms with van der Waals surface area (Å²) in [5.74, 6) is 0.985. The van der Waals surface area contributed by atoms with Crippen molar-refractivity contribution < 1.29 is 9.90 Å². The maximum absolute atomic E-state index is 13.6. The lowest BCUT2D eigenvalue weighted by Gasteiger charge is -2.53. The molecule has 2 saturated carbocycles. The molecule has 6 heteroatoms. The Morgan fingerprint density at radius 1 is 1.08 bits per heavy atom. The number of rotatable bonds is 7. The summed E-state index contributed by atoms with van der Waals surface area (Å²) >= 11 is 1.63. The lowest BCUT2D eigenvalue weighted by Crippen LogP contribution is -2.62. The second-order valence-electron chi connectivity index (χ2n) is 12.3. The van der Waals surface area contributed by atoms with Gasteiger partial charge in [-0.25, -0.2) is 0 Å². The molecule has 1 aliphatic heterocycles. The van der Waals surface area contributed by atoms with Crippen molar-refractivity contribution in [2.75, 3.05) is 19.3 Å². The number of carbonyl (C=O) groups is 1. The van der Waals surface area contributed by atoms with Gasteiger partial charge in [0.1, 0.15) is 0 Å². The maximum Gasteiger partial charge on any atom is 0.251 e. The molecule has 206 valence electrons. The third-order valence-electron chi connectivity index (χ3n) is 9.81. The molecule has 1 saturated heterocycles.